The van der Waals surface area contributed by atoms with Crippen LogP contribution in [0.1, 0.15) is 19.7 Å². The number of ether oxygens (including phenoxy) is 1. The minimum atomic E-state index is -0.354. The number of hydrogen-bond acceptors (Lipinski definition) is 5. The third-order valence-corrected chi connectivity index (χ3v) is 3.36. The zero-order chi connectivity index (χ0) is 14.7. The maximum absolute atomic E-state index is 12.3. The number of nitrogens with one attached hydrogen (secondary N) is 1. The maximum atomic E-state index is 12.3. The Hall–Kier alpha value is -1.21. The summed E-state index contributed by atoms with van der Waals surface area (Å²) in [5.74, 6) is 1.38. The molecule has 1 amide bonds. The van der Waals surface area contributed by atoms with Crippen molar-refractivity contribution in [3.8, 4) is 0 Å². The van der Waals surface area contributed by atoms with Crippen LogP contribution in [0.2, 0.25) is 0 Å². The molecule has 2 rings (SSSR count). The van der Waals surface area contributed by atoms with Crippen molar-refractivity contribution in [1.29, 1.82) is 0 Å². The molecule has 0 saturated carbocycles. The van der Waals surface area contributed by atoms with Crippen LogP contribution in [0.3, 0.4) is 0 Å². The minimum Gasteiger partial charge on any atom is -0.377 e. The summed E-state index contributed by atoms with van der Waals surface area (Å²) in [5, 5.41) is 2.93. The molecule has 0 radical (unpaired) electrons. The highest BCUT2D eigenvalue weighted by molar-refractivity contribution is 9.10. The van der Waals surface area contributed by atoms with E-state index in [9.17, 15) is 4.79 Å². The number of halogens is 1. The van der Waals surface area contributed by atoms with E-state index < -0.39 is 0 Å². The second kappa shape index (κ2) is 6.49. The van der Waals surface area contributed by atoms with Gasteiger partial charge in [0.25, 0.3) is 0 Å². The molecule has 1 aliphatic heterocycles. The van der Waals surface area contributed by atoms with Gasteiger partial charge in [-0.3, -0.25) is 4.79 Å². The number of anilines is 1. The number of carbonyl (C=O) groups excluding carboxylic acids is 1. The molecule has 1 fully saturated rings. The number of aromatic nitrogens is 2. The van der Waals surface area contributed by atoms with Gasteiger partial charge in [-0.05, 0) is 36.7 Å². The van der Waals surface area contributed by atoms with Crippen LogP contribution in [0.5, 0.6) is 0 Å². The fourth-order valence-corrected chi connectivity index (χ4v) is 2.60. The standard InChI is InChI=1S/C13H19BrN4O2/c1-8(2)15-13(19)10-7-20-5-4-18(10)12-6-11(14)16-9(3)17-12/h6,8,10H,4-5,7H2,1-3H3,(H,15,19). The van der Waals surface area contributed by atoms with Gasteiger partial charge in [-0.2, -0.15) is 0 Å². The first kappa shape index (κ1) is 15.2. The molecule has 20 heavy (non-hydrogen) atoms. The lowest BCUT2D eigenvalue weighted by Crippen LogP contribution is -2.55. The van der Waals surface area contributed by atoms with Crippen LogP contribution in [-0.2, 0) is 9.53 Å². The lowest BCUT2D eigenvalue weighted by Gasteiger charge is -2.35. The third-order valence-electron chi connectivity index (χ3n) is 2.95. The van der Waals surface area contributed by atoms with Crippen LogP contribution in [-0.4, -0.2) is 47.7 Å². The van der Waals surface area contributed by atoms with E-state index in [2.05, 4.69) is 31.2 Å². The summed E-state index contributed by atoms with van der Waals surface area (Å²) in [6.45, 7) is 7.32. The Morgan fingerprint density at radius 1 is 1.55 bits per heavy atom. The smallest absolute Gasteiger partial charge is 0.245 e. The second-order valence-corrected chi connectivity index (χ2v) is 5.86. The molecule has 110 valence electrons. The van der Waals surface area contributed by atoms with Gasteiger partial charge in [-0.1, -0.05) is 0 Å². The predicted molar refractivity (Wildman–Crippen MR) is 79.7 cm³/mol. The van der Waals surface area contributed by atoms with E-state index in [1.807, 2.05) is 31.7 Å². The summed E-state index contributed by atoms with van der Waals surface area (Å²) in [6.07, 6.45) is 0. The normalized spacial score (nSPS) is 19.2. The van der Waals surface area contributed by atoms with E-state index in [4.69, 9.17) is 4.74 Å². The van der Waals surface area contributed by atoms with Crippen molar-refractivity contribution in [2.24, 2.45) is 0 Å². The summed E-state index contributed by atoms with van der Waals surface area (Å²) in [7, 11) is 0. The van der Waals surface area contributed by atoms with Crippen LogP contribution in [0.15, 0.2) is 10.7 Å². The molecule has 2 heterocycles. The summed E-state index contributed by atoms with van der Waals surface area (Å²) in [6, 6.07) is 1.58. The Bertz CT molecular complexity index is 475. The quantitative estimate of drug-likeness (QED) is 0.838. The third kappa shape index (κ3) is 3.67. The van der Waals surface area contributed by atoms with Crippen molar-refractivity contribution in [1.82, 2.24) is 15.3 Å². The maximum Gasteiger partial charge on any atom is 0.245 e. The van der Waals surface area contributed by atoms with Gasteiger partial charge in [-0.25, -0.2) is 9.97 Å². The van der Waals surface area contributed by atoms with Crippen LogP contribution in [0.4, 0.5) is 5.82 Å². The molecule has 1 aliphatic rings. The number of amides is 1. The molecule has 7 heteroatoms. The Morgan fingerprint density at radius 2 is 2.30 bits per heavy atom. The van der Waals surface area contributed by atoms with Gasteiger partial charge in [0, 0.05) is 18.7 Å². The molecule has 0 aliphatic carbocycles. The van der Waals surface area contributed by atoms with Crippen molar-refractivity contribution in [3.05, 3.63) is 16.5 Å². The monoisotopic (exact) mass is 342 g/mol. The lowest BCUT2D eigenvalue weighted by atomic mass is 10.2. The van der Waals surface area contributed by atoms with Gasteiger partial charge in [-0.15, -0.1) is 0 Å². The van der Waals surface area contributed by atoms with Gasteiger partial charge >= 0.3 is 0 Å². The number of nitrogens with zero attached hydrogens (tertiary/aromatic N) is 3. The number of carbonyl (C=O) groups is 1. The molecule has 0 aromatic carbocycles. The average Bonchev–Trinajstić information content (AvgIpc) is 2.36. The number of rotatable bonds is 3. The first-order valence-electron chi connectivity index (χ1n) is 6.63. The molecule has 1 N–H and O–H groups in total. The minimum absolute atomic E-state index is 0.0351. The highest BCUT2D eigenvalue weighted by Crippen LogP contribution is 2.21. The Morgan fingerprint density at radius 3 is 2.95 bits per heavy atom. The lowest BCUT2D eigenvalue weighted by molar-refractivity contribution is -0.125. The highest BCUT2D eigenvalue weighted by atomic mass is 79.9. The summed E-state index contributed by atoms with van der Waals surface area (Å²) in [5.41, 5.74) is 0. The van der Waals surface area contributed by atoms with Crippen LogP contribution in [0.25, 0.3) is 0 Å². The van der Waals surface area contributed by atoms with Crippen molar-refractivity contribution < 1.29 is 9.53 Å². The summed E-state index contributed by atoms with van der Waals surface area (Å²) >= 11 is 3.37. The largest absolute Gasteiger partial charge is 0.377 e. The van der Waals surface area contributed by atoms with Crippen LogP contribution >= 0.6 is 15.9 Å². The van der Waals surface area contributed by atoms with Crippen molar-refractivity contribution in [2.45, 2.75) is 32.9 Å². The fraction of sp³-hybridized carbons (Fsp3) is 0.615. The molecule has 0 bridgehead atoms. The van der Waals surface area contributed by atoms with Crippen molar-refractivity contribution in [2.75, 3.05) is 24.7 Å². The van der Waals surface area contributed by atoms with Gasteiger partial charge in [0.2, 0.25) is 5.91 Å². The van der Waals surface area contributed by atoms with E-state index in [1.54, 1.807) is 0 Å². The molecular weight excluding hydrogens is 324 g/mol. The fourth-order valence-electron chi connectivity index (χ4n) is 2.14. The van der Waals surface area contributed by atoms with Crippen molar-refractivity contribution in [3.63, 3.8) is 0 Å². The summed E-state index contributed by atoms with van der Waals surface area (Å²) in [4.78, 5) is 22.9. The van der Waals surface area contributed by atoms with Crippen LogP contribution < -0.4 is 10.2 Å². The Kier molecular flexibility index (Phi) is 4.93. The molecule has 1 aromatic heterocycles. The van der Waals surface area contributed by atoms with Gasteiger partial charge in [0.05, 0.1) is 13.2 Å². The van der Waals surface area contributed by atoms with E-state index in [-0.39, 0.29) is 18.0 Å². The van der Waals surface area contributed by atoms with Crippen molar-refractivity contribution >= 4 is 27.7 Å². The van der Waals surface area contributed by atoms with E-state index in [0.717, 1.165) is 10.4 Å². The SMILES string of the molecule is Cc1nc(Br)cc(N2CCOCC2C(=O)NC(C)C)n1. The van der Waals surface area contributed by atoms with Gasteiger partial charge in [0.15, 0.2) is 0 Å². The number of hydrogen-bond donors (Lipinski definition) is 1. The Balaban J connectivity index is 2.24. The first-order valence-corrected chi connectivity index (χ1v) is 7.42. The molecular formula is C13H19BrN4O2. The average molecular weight is 343 g/mol. The zero-order valence-electron chi connectivity index (χ0n) is 11.9. The number of morpholine rings is 1. The van der Waals surface area contributed by atoms with E-state index >= 15 is 0 Å². The van der Waals surface area contributed by atoms with Crippen LogP contribution in [0, 0.1) is 6.92 Å². The second-order valence-electron chi connectivity index (χ2n) is 5.04. The molecule has 0 spiro atoms. The number of aryl methyl sites for hydroxylation is 1. The summed E-state index contributed by atoms with van der Waals surface area (Å²) < 4.78 is 6.16. The van der Waals surface area contributed by atoms with Gasteiger partial charge < -0.3 is 15.0 Å². The first-order chi connectivity index (χ1) is 9.47. The predicted octanol–water partition coefficient (Wildman–Crippen LogP) is 1.28. The van der Waals surface area contributed by atoms with E-state index in [0.29, 0.717) is 25.6 Å². The van der Waals surface area contributed by atoms with E-state index in [1.165, 1.54) is 0 Å². The molecule has 1 unspecified atom stereocenters. The zero-order valence-corrected chi connectivity index (χ0v) is 13.5. The van der Waals surface area contributed by atoms with Gasteiger partial charge in [0.1, 0.15) is 22.3 Å². The topological polar surface area (TPSA) is 67.4 Å². The Labute approximate surface area is 127 Å². The molecule has 1 aromatic rings. The molecule has 1 atom stereocenters. The molecule has 6 nitrogen and oxygen atoms in total. The molecule has 1 saturated heterocycles. The highest BCUT2D eigenvalue weighted by Gasteiger charge is 2.31.